The molecule has 0 spiro atoms. The number of nitrogens with two attached hydrogens (primary N) is 1. The highest BCUT2D eigenvalue weighted by molar-refractivity contribution is 5.95. The van der Waals surface area contributed by atoms with Crippen molar-refractivity contribution in [2.45, 2.75) is 46.6 Å². The second-order valence-corrected chi connectivity index (χ2v) is 6.52. The van der Waals surface area contributed by atoms with E-state index in [1.54, 1.807) is 13.0 Å². The molecule has 0 aliphatic rings. The van der Waals surface area contributed by atoms with Gasteiger partial charge in [-0.1, -0.05) is 32.0 Å². The Kier molecular flexibility index (Phi) is 7.31. The number of ether oxygens (including phenoxy) is 1. The molecule has 1 unspecified atom stereocenters. The second-order valence-electron chi connectivity index (χ2n) is 6.52. The summed E-state index contributed by atoms with van der Waals surface area (Å²) in [5, 5.41) is 2.89. The standard InChI is InChI=1S/C20H26N2O2.ClH/c1-12(2)17-9-6-13(3)10-19(17)24-15(5)20(23)22-18-11-16(21)8-7-14(18)4;/h6-12,15H,21H2,1-5H3,(H,22,23);1H. The molecule has 0 fully saturated rings. The van der Waals surface area contributed by atoms with Crippen LogP contribution in [0, 0.1) is 13.8 Å². The third-order valence-electron chi connectivity index (χ3n) is 3.98. The van der Waals surface area contributed by atoms with Gasteiger partial charge in [-0.3, -0.25) is 4.79 Å². The molecule has 2 aromatic rings. The van der Waals surface area contributed by atoms with Gasteiger partial charge in [0.25, 0.3) is 5.91 Å². The van der Waals surface area contributed by atoms with E-state index in [1.807, 2.05) is 32.0 Å². The Balaban J connectivity index is 0.00000312. The minimum absolute atomic E-state index is 0. The summed E-state index contributed by atoms with van der Waals surface area (Å²) >= 11 is 0. The Bertz CT molecular complexity index is 744. The minimum Gasteiger partial charge on any atom is -0.481 e. The monoisotopic (exact) mass is 362 g/mol. The van der Waals surface area contributed by atoms with E-state index >= 15 is 0 Å². The van der Waals surface area contributed by atoms with E-state index in [4.69, 9.17) is 10.5 Å². The van der Waals surface area contributed by atoms with E-state index in [-0.39, 0.29) is 18.3 Å². The quantitative estimate of drug-likeness (QED) is 0.748. The molecule has 25 heavy (non-hydrogen) atoms. The lowest BCUT2D eigenvalue weighted by molar-refractivity contribution is -0.122. The minimum atomic E-state index is -0.606. The largest absolute Gasteiger partial charge is 0.481 e. The maximum atomic E-state index is 12.5. The highest BCUT2D eigenvalue weighted by Gasteiger charge is 2.18. The lowest BCUT2D eigenvalue weighted by atomic mass is 10.0. The molecule has 0 heterocycles. The summed E-state index contributed by atoms with van der Waals surface area (Å²) in [6.45, 7) is 9.91. The molecule has 2 rings (SSSR count). The van der Waals surface area contributed by atoms with Gasteiger partial charge >= 0.3 is 0 Å². The predicted octanol–water partition coefficient (Wildman–Crippen LogP) is 4.84. The number of hydrogen-bond donors (Lipinski definition) is 2. The molecule has 136 valence electrons. The Morgan fingerprint density at radius 1 is 1.08 bits per heavy atom. The molecule has 0 saturated heterocycles. The molecule has 0 aliphatic heterocycles. The first-order valence-corrected chi connectivity index (χ1v) is 8.22. The molecule has 1 atom stereocenters. The van der Waals surface area contributed by atoms with E-state index in [0.717, 1.165) is 22.4 Å². The van der Waals surface area contributed by atoms with Crippen molar-refractivity contribution < 1.29 is 9.53 Å². The first-order valence-electron chi connectivity index (χ1n) is 8.22. The Morgan fingerprint density at radius 2 is 1.76 bits per heavy atom. The van der Waals surface area contributed by atoms with Crippen molar-refractivity contribution in [2.24, 2.45) is 0 Å². The third kappa shape index (κ3) is 5.40. The zero-order valence-electron chi connectivity index (χ0n) is 15.4. The van der Waals surface area contributed by atoms with Crippen LogP contribution in [0.4, 0.5) is 11.4 Å². The molecule has 0 aliphatic carbocycles. The number of anilines is 2. The summed E-state index contributed by atoms with van der Waals surface area (Å²) in [5.74, 6) is 0.892. The first kappa shape index (κ1) is 20.8. The van der Waals surface area contributed by atoms with Gasteiger partial charge in [-0.25, -0.2) is 0 Å². The van der Waals surface area contributed by atoms with Crippen molar-refractivity contribution >= 4 is 29.7 Å². The molecular formula is C20H27ClN2O2. The van der Waals surface area contributed by atoms with Crippen molar-refractivity contribution in [1.29, 1.82) is 0 Å². The number of carbonyl (C=O) groups excluding carboxylic acids is 1. The Hall–Kier alpha value is -2.20. The summed E-state index contributed by atoms with van der Waals surface area (Å²) in [5.41, 5.74) is 10.3. The summed E-state index contributed by atoms with van der Waals surface area (Å²) in [4.78, 5) is 12.5. The van der Waals surface area contributed by atoms with Crippen LogP contribution in [-0.4, -0.2) is 12.0 Å². The fraction of sp³-hybridized carbons (Fsp3) is 0.350. The predicted molar refractivity (Wildman–Crippen MR) is 107 cm³/mol. The molecule has 0 saturated carbocycles. The molecule has 0 bridgehead atoms. The van der Waals surface area contributed by atoms with Crippen molar-refractivity contribution in [3.63, 3.8) is 0 Å². The van der Waals surface area contributed by atoms with E-state index in [1.165, 1.54) is 0 Å². The van der Waals surface area contributed by atoms with Crippen LogP contribution in [0.15, 0.2) is 36.4 Å². The highest BCUT2D eigenvalue weighted by Crippen LogP contribution is 2.28. The first-order chi connectivity index (χ1) is 11.3. The van der Waals surface area contributed by atoms with Crippen molar-refractivity contribution in [3.05, 3.63) is 53.1 Å². The van der Waals surface area contributed by atoms with Gasteiger partial charge in [-0.05, 0) is 61.6 Å². The van der Waals surface area contributed by atoms with Gasteiger partial charge < -0.3 is 15.8 Å². The van der Waals surface area contributed by atoms with Crippen LogP contribution in [0.2, 0.25) is 0 Å². The Labute approximate surface area is 156 Å². The molecule has 0 aromatic heterocycles. The number of carbonyl (C=O) groups is 1. The molecular weight excluding hydrogens is 336 g/mol. The normalized spacial score (nSPS) is 11.6. The van der Waals surface area contributed by atoms with Crippen molar-refractivity contribution in [1.82, 2.24) is 0 Å². The fourth-order valence-corrected chi connectivity index (χ4v) is 2.47. The summed E-state index contributed by atoms with van der Waals surface area (Å²) in [6.07, 6.45) is -0.606. The van der Waals surface area contributed by atoms with Crippen molar-refractivity contribution in [2.75, 3.05) is 11.1 Å². The van der Waals surface area contributed by atoms with Crippen LogP contribution in [0.25, 0.3) is 0 Å². The summed E-state index contributed by atoms with van der Waals surface area (Å²) in [7, 11) is 0. The smallest absolute Gasteiger partial charge is 0.265 e. The van der Waals surface area contributed by atoms with Gasteiger partial charge in [0, 0.05) is 11.4 Å². The second kappa shape index (κ2) is 8.77. The van der Waals surface area contributed by atoms with Crippen LogP contribution in [-0.2, 0) is 4.79 Å². The maximum absolute atomic E-state index is 12.5. The molecule has 1 amide bonds. The van der Waals surface area contributed by atoms with Crippen LogP contribution >= 0.6 is 12.4 Å². The van der Waals surface area contributed by atoms with Gasteiger partial charge in [0.1, 0.15) is 5.75 Å². The number of nitrogen functional groups attached to an aromatic ring is 1. The molecule has 2 aromatic carbocycles. The SMILES string of the molecule is Cc1ccc(C(C)C)c(OC(C)C(=O)Nc2cc(N)ccc2C)c1.Cl. The maximum Gasteiger partial charge on any atom is 0.265 e. The molecule has 3 N–H and O–H groups in total. The fourth-order valence-electron chi connectivity index (χ4n) is 2.47. The van der Waals surface area contributed by atoms with Crippen LogP contribution in [0.5, 0.6) is 5.75 Å². The van der Waals surface area contributed by atoms with Crippen LogP contribution in [0.3, 0.4) is 0 Å². The highest BCUT2D eigenvalue weighted by atomic mass is 35.5. The molecule has 4 nitrogen and oxygen atoms in total. The van der Waals surface area contributed by atoms with Crippen LogP contribution < -0.4 is 15.8 Å². The average Bonchev–Trinajstić information content (AvgIpc) is 2.50. The number of benzene rings is 2. The third-order valence-corrected chi connectivity index (χ3v) is 3.98. The lowest BCUT2D eigenvalue weighted by Crippen LogP contribution is -2.30. The van der Waals surface area contributed by atoms with Crippen LogP contribution in [0.1, 0.15) is 43.4 Å². The lowest BCUT2D eigenvalue weighted by Gasteiger charge is -2.20. The van der Waals surface area contributed by atoms with E-state index < -0.39 is 6.10 Å². The van der Waals surface area contributed by atoms with Gasteiger partial charge in [-0.2, -0.15) is 0 Å². The number of aryl methyl sites for hydroxylation is 2. The zero-order valence-corrected chi connectivity index (χ0v) is 16.2. The number of halogens is 1. The summed E-state index contributed by atoms with van der Waals surface area (Å²) in [6, 6.07) is 11.5. The zero-order chi connectivity index (χ0) is 17.9. The van der Waals surface area contributed by atoms with Gasteiger partial charge in [0.2, 0.25) is 0 Å². The number of hydrogen-bond acceptors (Lipinski definition) is 3. The van der Waals surface area contributed by atoms with E-state index in [0.29, 0.717) is 17.3 Å². The van der Waals surface area contributed by atoms with Crippen molar-refractivity contribution in [3.8, 4) is 5.75 Å². The molecule has 0 radical (unpaired) electrons. The average molecular weight is 363 g/mol. The van der Waals surface area contributed by atoms with Gasteiger partial charge in [0.15, 0.2) is 6.10 Å². The number of nitrogens with one attached hydrogen (secondary N) is 1. The number of amides is 1. The topological polar surface area (TPSA) is 64.3 Å². The molecule has 5 heteroatoms. The Morgan fingerprint density at radius 3 is 2.40 bits per heavy atom. The van der Waals surface area contributed by atoms with E-state index in [2.05, 4.69) is 31.3 Å². The van der Waals surface area contributed by atoms with Gasteiger partial charge in [0.05, 0.1) is 0 Å². The van der Waals surface area contributed by atoms with Gasteiger partial charge in [-0.15, -0.1) is 12.4 Å². The summed E-state index contributed by atoms with van der Waals surface area (Å²) < 4.78 is 5.95. The van der Waals surface area contributed by atoms with E-state index in [9.17, 15) is 4.79 Å². The number of rotatable bonds is 5.